The van der Waals surface area contributed by atoms with Crippen LogP contribution in [0.3, 0.4) is 0 Å². The monoisotopic (exact) mass is 491 g/mol. The van der Waals surface area contributed by atoms with E-state index in [0.717, 1.165) is 42.0 Å². The molecule has 0 radical (unpaired) electrons. The normalized spacial score (nSPS) is 12.4. The summed E-state index contributed by atoms with van der Waals surface area (Å²) in [6.45, 7) is 3.47. The third kappa shape index (κ3) is 4.22. The number of nitrogens with zero attached hydrogens (tertiary/aromatic N) is 3. The van der Waals surface area contributed by atoms with Gasteiger partial charge < -0.3 is 5.32 Å². The Labute approximate surface area is 205 Å². The van der Waals surface area contributed by atoms with Crippen LogP contribution in [0.1, 0.15) is 49.0 Å². The molecule has 0 fully saturated rings. The first-order valence-electron chi connectivity index (χ1n) is 10.9. The number of hydrogen-bond donors (Lipinski definition) is 2. The Hall–Kier alpha value is -3.49. The summed E-state index contributed by atoms with van der Waals surface area (Å²) < 4.78 is 1.52. The summed E-state index contributed by atoms with van der Waals surface area (Å²) in [6.07, 6.45) is 3.28. The van der Waals surface area contributed by atoms with Gasteiger partial charge in [0.15, 0.2) is 5.13 Å². The minimum Gasteiger partial charge on any atom is -0.321 e. The molecular weight excluding hydrogens is 470 g/mol. The second kappa shape index (κ2) is 9.04. The topological polar surface area (TPSA) is 88.9 Å². The molecule has 2 N–H and O–H groups in total. The Kier molecular flexibility index (Phi) is 5.93. The predicted molar refractivity (Wildman–Crippen MR) is 135 cm³/mol. The van der Waals surface area contributed by atoms with E-state index in [0.29, 0.717) is 21.4 Å². The summed E-state index contributed by atoms with van der Waals surface area (Å²) in [6, 6.07) is 15.4. The van der Waals surface area contributed by atoms with Crippen LogP contribution in [0, 0.1) is 13.8 Å². The van der Waals surface area contributed by atoms with Gasteiger partial charge in [0.25, 0.3) is 11.8 Å². The van der Waals surface area contributed by atoms with Crippen molar-refractivity contribution in [2.45, 2.75) is 33.1 Å². The second-order valence-corrected chi connectivity index (χ2v) is 9.53. The van der Waals surface area contributed by atoms with E-state index < -0.39 is 5.91 Å². The standard InChI is InChI=1S/C25H22ClN5O2S/c1-14-20(22(26)31(30-14)19-9-4-3-5-10-19)23(32)29-25-27-15(2)21(34-25)24(33)28-18-12-11-16-7-6-8-17(16)13-18/h3-5,9-13H,6-8H2,1-2H3,(H,28,33)(H,27,29,32). The lowest BCUT2D eigenvalue weighted by Crippen LogP contribution is -2.13. The molecule has 9 heteroatoms. The zero-order valence-electron chi connectivity index (χ0n) is 18.7. The molecule has 2 amide bonds. The molecule has 0 unspecified atom stereocenters. The van der Waals surface area contributed by atoms with Gasteiger partial charge in [0.2, 0.25) is 0 Å². The van der Waals surface area contributed by atoms with Crippen molar-refractivity contribution in [3.63, 3.8) is 0 Å². The van der Waals surface area contributed by atoms with Gasteiger partial charge in [0.1, 0.15) is 15.6 Å². The van der Waals surface area contributed by atoms with E-state index in [1.165, 1.54) is 15.8 Å². The summed E-state index contributed by atoms with van der Waals surface area (Å²) >= 11 is 7.63. The van der Waals surface area contributed by atoms with E-state index in [1.54, 1.807) is 13.8 Å². The Morgan fingerprint density at radius 1 is 0.971 bits per heavy atom. The average molecular weight is 492 g/mol. The van der Waals surface area contributed by atoms with Crippen molar-refractivity contribution in [3.8, 4) is 5.69 Å². The maximum atomic E-state index is 13.0. The number of halogens is 1. The van der Waals surface area contributed by atoms with Crippen molar-refractivity contribution in [1.29, 1.82) is 0 Å². The Balaban J connectivity index is 1.33. The minimum atomic E-state index is -0.427. The maximum absolute atomic E-state index is 13.0. The number of rotatable bonds is 5. The molecule has 0 spiro atoms. The fraction of sp³-hybridized carbons (Fsp3) is 0.200. The van der Waals surface area contributed by atoms with Crippen LogP contribution >= 0.6 is 22.9 Å². The molecule has 34 heavy (non-hydrogen) atoms. The summed E-state index contributed by atoms with van der Waals surface area (Å²) in [4.78, 5) is 30.7. The molecule has 2 heterocycles. The minimum absolute atomic E-state index is 0.212. The van der Waals surface area contributed by atoms with Gasteiger partial charge in [0, 0.05) is 5.69 Å². The molecule has 7 nitrogen and oxygen atoms in total. The average Bonchev–Trinajstić information content (AvgIpc) is 3.51. The SMILES string of the molecule is Cc1nc(NC(=O)c2c(C)nn(-c3ccccc3)c2Cl)sc1C(=O)Nc1ccc2c(c1)CCC2. The van der Waals surface area contributed by atoms with Crippen molar-refractivity contribution in [2.24, 2.45) is 0 Å². The summed E-state index contributed by atoms with van der Waals surface area (Å²) in [5.74, 6) is -0.677. The lowest BCUT2D eigenvalue weighted by molar-refractivity contribution is 0.101. The Morgan fingerprint density at radius 2 is 1.74 bits per heavy atom. The summed E-state index contributed by atoms with van der Waals surface area (Å²) in [5, 5.41) is 10.7. The molecule has 0 saturated heterocycles. The van der Waals surface area contributed by atoms with Gasteiger partial charge in [-0.3, -0.25) is 14.9 Å². The Bertz CT molecular complexity index is 1410. The van der Waals surface area contributed by atoms with Crippen LogP contribution in [0.5, 0.6) is 0 Å². The van der Waals surface area contributed by atoms with Gasteiger partial charge in [-0.15, -0.1) is 0 Å². The number of aryl methyl sites for hydroxylation is 4. The fourth-order valence-corrected chi connectivity index (χ4v) is 5.37. The number of fused-ring (bicyclic) bond motifs is 1. The quantitative estimate of drug-likeness (QED) is 0.380. The van der Waals surface area contributed by atoms with Gasteiger partial charge in [-0.05, 0) is 68.5 Å². The van der Waals surface area contributed by atoms with Gasteiger partial charge in [-0.1, -0.05) is 47.2 Å². The molecule has 2 aromatic carbocycles. The third-order valence-corrected chi connectivity index (χ3v) is 7.23. The van der Waals surface area contributed by atoms with E-state index in [9.17, 15) is 9.59 Å². The van der Waals surface area contributed by atoms with Crippen LogP contribution < -0.4 is 10.6 Å². The van der Waals surface area contributed by atoms with Gasteiger partial charge in [-0.25, -0.2) is 9.67 Å². The number of carbonyl (C=O) groups excluding carboxylic acids is 2. The van der Waals surface area contributed by atoms with Crippen LogP contribution in [-0.4, -0.2) is 26.6 Å². The molecule has 172 valence electrons. The zero-order valence-corrected chi connectivity index (χ0v) is 20.3. The van der Waals surface area contributed by atoms with Crippen LogP contribution in [0.15, 0.2) is 48.5 Å². The number of nitrogens with one attached hydrogen (secondary N) is 2. The van der Waals surface area contributed by atoms with Crippen LogP contribution in [-0.2, 0) is 12.8 Å². The number of aromatic nitrogens is 3. The van der Waals surface area contributed by atoms with Gasteiger partial charge in [0.05, 0.1) is 17.1 Å². The van der Waals surface area contributed by atoms with E-state index in [2.05, 4.69) is 26.8 Å². The predicted octanol–water partition coefficient (Wildman–Crippen LogP) is 5.59. The molecule has 1 aliphatic carbocycles. The molecule has 5 rings (SSSR count). The third-order valence-electron chi connectivity index (χ3n) is 5.81. The Morgan fingerprint density at radius 3 is 2.53 bits per heavy atom. The maximum Gasteiger partial charge on any atom is 0.267 e. The largest absolute Gasteiger partial charge is 0.321 e. The number of benzene rings is 2. The highest BCUT2D eigenvalue weighted by Gasteiger charge is 2.23. The van der Waals surface area contributed by atoms with E-state index in [4.69, 9.17) is 11.6 Å². The molecule has 2 aromatic heterocycles. The number of hydrogen-bond acceptors (Lipinski definition) is 5. The first-order valence-corrected chi connectivity index (χ1v) is 12.1. The number of anilines is 2. The van der Waals surface area contributed by atoms with Crippen molar-refractivity contribution in [2.75, 3.05) is 10.6 Å². The van der Waals surface area contributed by atoms with Gasteiger partial charge >= 0.3 is 0 Å². The van der Waals surface area contributed by atoms with Crippen molar-refractivity contribution < 1.29 is 9.59 Å². The number of amides is 2. The first kappa shape index (κ1) is 22.3. The van der Waals surface area contributed by atoms with Crippen LogP contribution in [0.4, 0.5) is 10.8 Å². The molecular formula is C25H22ClN5O2S. The molecule has 0 bridgehead atoms. The molecule has 4 aromatic rings. The lowest BCUT2D eigenvalue weighted by atomic mass is 10.1. The molecule has 1 aliphatic rings. The zero-order chi connectivity index (χ0) is 23.8. The van der Waals surface area contributed by atoms with E-state index in [1.807, 2.05) is 42.5 Å². The molecule has 0 saturated carbocycles. The fourth-order valence-electron chi connectivity index (χ4n) is 4.15. The number of para-hydroxylation sites is 1. The van der Waals surface area contributed by atoms with Crippen molar-refractivity contribution in [1.82, 2.24) is 14.8 Å². The van der Waals surface area contributed by atoms with Crippen LogP contribution in [0.25, 0.3) is 5.69 Å². The number of carbonyl (C=O) groups is 2. The van der Waals surface area contributed by atoms with Crippen molar-refractivity contribution >= 4 is 45.6 Å². The van der Waals surface area contributed by atoms with Crippen molar-refractivity contribution in [3.05, 3.63) is 86.6 Å². The van der Waals surface area contributed by atoms with Gasteiger partial charge in [-0.2, -0.15) is 5.10 Å². The summed E-state index contributed by atoms with van der Waals surface area (Å²) in [7, 11) is 0. The molecule has 0 aliphatic heterocycles. The summed E-state index contributed by atoms with van der Waals surface area (Å²) in [5.41, 5.74) is 5.46. The van der Waals surface area contributed by atoms with Crippen LogP contribution in [0.2, 0.25) is 5.15 Å². The molecule has 0 atom stereocenters. The highest BCUT2D eigenvalue weighted by Crippen LogP contribution is 2.29. The second-order valence-electron chi connectivity index (χ2n) is 8.18. The van der Waals surface area contributed by atoms with E-state index in [-0.39, 0.29) is 16.6 Å². The highest BCUT2D eigenvalue weighted by molar-refractivity contribution is 7.17. The first-order chi connectivity index (χ1) is 16.4. The highest BCUT2D eigenvalue weighted by atomic mass is 35.5. The number of thiazole rings is 1. The lowest BCUT2D eigenvalue weighted by Gasteiger charge is -2.06. The smallest absolute Gasteiger partial charge is 0.267 e. The van der Waals surface area contributed by atoms with E-state index >= 15 is 0 Å².